The van der Waals surface area contributed by atoms with Crippen molar-refractivity contribution in [1.29, 1.82) is 0 Å². The number of pyridine rings is 1. The van der Waals surface area contributed by atoms with E-state index in [-0.39, 0.29) is 17.2 Å². The maximum atomic E-state index is 12.9. The number of anilines is 1. The van der Waals surface area contributed by atoms with Gasteiger partial charge < -0.3 is 10.3 Å². The normalized spacial score (nSPS) is 10.6. The zero-order valence-electron chi connectivity index (χ0n) is 12.7. The van der Waals surface area contributed by atoms with Crippen LogP contribution in [0.5, 0.6) is 0 Å². The summed E-state index contributed by atoms with van der Waals surface area (Å²) in [6.45, 7) is 0. The molecule has 2 N–H and O–H groups in total. The quantitative estimate of drug-likeness (QED) is 0.718. The summed E-state index contributed by atoms with van der Waals surface area (Å²) in [5.74, 6) is -0.748. The van der Waals surface area contributed by atoms with Gasteiger partial charge in [-0.25, -0.2) is 0 Å². The zero-order valence-corrected chi connectivity index (χ0v) is 14.3. The van der Waals surface area contributed by atoms with Crippen molar-refractivity contribution in [2.24, 2.45) is 0 Å². The van der Waals surface area contributed by atoms with Crippen LogP contribution >= 0.6 is 15.9 Å². The minimum Gasteiger partial charge on any atom is -0.326 e. The molecule has 2 aromatic carbocycles. The van der Waals surface area contributed by atoms with Crippen LogP contribution in [-0.2, 0) is 4.79 Å². The third kappa shape index (κ3) is 3.63. The molecule has 0 aliphatic heterocycles. The summed E-state index contributed by atoms with van der Waals surface area (Å²) in [5.41, 5.74) is 1.61. The van der Waals surface area contributed by atoms with Crippen LogP contribution in [0.25, 0.3) is 0 Å². The molecule has 0 fully saturated rings. The molecule has 0 aliphatic carbocycles. The Hall–Kier alpha value is -2.66. The molecule has 3 rings (SSSR count). The predicted octanol–water partition coefficient (Wildman–Crippen LogP) is 3.91. The second kappa shape index (κ2) is 7.27. The monoisotopic (exact) mass is 382 g/mol. The van der Waals surface area contributed by atoms with E-state index in [2.05, 4.69) is 26.2 Å². The highest BCUT2D eigenvalue weighted by Gasteiger charge is 2.23. The second-order valence-electron chi connectivity index (χ2n) is 5.30. The van der Waals surface area contributed by atoms with Crippen molar-refractivity contribution in [2.75, 3.05) is 5.32 Å². The first-order valence-corrected chi connectivity index (χ1v) is 8.23. The maximum absolute atomic E-state index is 12.9. The maximum Gasteiger partial charge on any atom is 0.271 e. The molecule has 120 valence electrons. The number of hydrogen-bond donors (Lipinski definition) is 2. The lowest BCUT2D eigenvalue weighted by Gasteiger charge is -2.17. The smallest absolute Gasteiger partial charge is 0.271 e. The van der Waals surface area contributed by atoms with E-state index in [4.69, 9.17) is 0 Å². The Morgan fingerprint density at radius 3 is 2.04 bits per heavy atom. The number of aromatic nitrogens is 1. The molecule has 3 aromatic rings. The second-order valence-corrected chi connectivity index (χ2v) is 6.22. The van der Waals surface area contributed by atoms with Gasteiger partial charge in [0.2, 0.25) is 5.91 Å². The molecule has 0 radical (unpaired) electrons. The van der Waals surface area contributed by atoms with Gasteiger partial charge in [-0.15, -0.1) is 0 Å². The van der Waals surface area contributed by atoms with E-state index in [0.29, 0.717) is 4.47 Å². The SMILES string of the molecule is O=C(Nc1cc(Br)c[nH]c1=O)C(c1ccccc1)c1ccccc1. The van der Waals surface area contributed by atoms with Crippen molar-refractivity contribution in [3.05, 3.63) is 98.9 Å². The van der Waals surface area contributed by atoms with E-state index in [9.17, 15) is 9.59 Å². The molecular weight excluding hydrogens is 368 g/mol. The summed E-state index contributed by atoms with van der Waals surface area (Å²) in [7, 11) is 0. The van der Waals surface area contributed by atoms with E-state index in [1.165, 1.54) is 6.20 Å². The molecular formula is C19H15BrN2O2. The van der Waals surface area contributed by atoms with Gasteiger partial charge >= 0.3 is 0 Å². The molecule has 0 saturated carbocycles. The Kier molecular flexibility index (Phi) is 4.91. The molecule has 0 atom stereocenters. The number of benzene rings is 2. The summed E-state index contributed by atoms with van der Waals surface area (Å²) in [5, 5.41) is 2.74. The van der Waals surface area contributed by atoms with Crippen LogP contribution in [0.3, 0.4) is 0 Å². The Morgan fingerprint density at radius 1 is 0.958 bits per heavy atom. The van der Waals surface area contributed by atoms with Gasteiger partial charge in [-0.2, -0.15) is 0 Å². The molecule has 0 unspecified atom stereocenters. The number of H-pyrrole nitrogens is 1. The largest absolute Gasteiger partial charge is 0.326 e. The van der Waals surface area contributed by atoms with Gasteiger partial charge in [0.1, 0.15) is 5.69 Å². The van der Waals surface area contributed by atoms with Crippen LogP contribution in [-0.4, -0.2) is 10.9 Å². The van der Waals surface area contributed by atoms with E-state index in [1.54, 1.807) is 6.07 Å². The van der Waals surface area contributed by atoms with Gasteiger partial charge in [-0.05, 0) is 33.1 Å². The first kappa shape index (κ1) is 16.2. The van der Waals surface area contributed by atoms with E-state index in [0.717, 1.165) is 11.1 Å². The molecule has 0 bridgehead atoms. The Balaban J connectivity index is 1.98. The van der Waals surface area contributed by atoms with Gasteiger partial charge in [0.25, 0.3) is 5.56 Å². The van der Waals surface area contributed by atoms with Gasteiger partial charge in [-0.1, -0.05) is 60.7 Å². The number of carbonyl (C=O) groups excluding carboxylic acids is 1. The van der Waals surface area contributed by atoms with Gasteiger partial charge in [-0.3, -0.25) is 9.59 Å². The minimum absolute atomic E-state index is 0.214. The van der Waals surface area contributed by atoms with Crippen LogP contribution in [0.15, 0.2) is 82.2 Å². The van der Waals surface area contributed by atoms with Gasteiger partial charge in [0.05, 0.1) is 5.92 Å². The third-order valence-electron chi connectivity index (χ3n) is 3.65. The molecule has 1 aromatic heterocycles. The highest BCUT2D eigenvalue weighted by Crippen LogP contribution is 2.26. The molecule has 24 heavy (non-hydrogen) atoms. The summed E-state index contributed by atoms with van der Waals surface area (Å²) >= 11 is 3.29. The van der Waals surface area contributed by atoms with Crippen LogP contribution in [0.4, 0.5) is 5.69 Å². The van der Waals surface area contributed by atoms with Crippen molar-refractivity contribution in [3.63, 3.8) is 0 Å². The van der Waals surface area contributed by atoms with Gasteiger partial charge in [0, 0.05) is 10.7 Å². The van der Waals surface area contributed by atoms with E-state index >= 15 is 0 Å². The van der Waals surface area contributed by atoms with Crippen LogP contribution in [0.2, 0.25) is 0 Å². The Morgan fingerprint density at radius 2 is 1.50 bits per heavy atom. The lowest BCUT2D eigenvalue weighted by Crippen LogP contribution is -2.25. The van der Waals surface area contributed by atoms with E-state index in [1.807, 2.05) is 60.7 Å². The minimum atomic E-state index is -0.495. The lowest BCUT2D eigenvalue weighted by molar-refractivity contribution is -0.116. The van der Waals surface area contributed by atoms with Crippen molar-refractivity contribution < 1.29 is 4.79 Å². The molecule has 4 nitrogen and oxygen atoms in total. The topological polar surface area (TPSA) is 62.0 Å². The molecule has 5 heteroatoms. The number of carbonyl (C=O) groups is 1. The van der Waals surface area contributed by atoms with Crippen LogP contribution < -0.4 is 10.9 Å². The number of hydrogen-bond acceptors (Lipinski definition) is 2. The lowest BCUT2D eigenvalue weighted by atomic mass is 9.90. The third-order valence-corrected chi connectivity index (χ3v) is 4.11. The fraction of sp³-hybridized carbons (Fsp3) is 0.0526. The number of amides is 1. The summed E-state index contributed by atoms with van der Waals surface area (Å²) in [6.07, 6.45) is 1.53. The average Bonchev–Trinajstić information content (AvgIpc) is 2.60. The Labute approximate surface area is 147 Å². The molecule has 0 aliphatic rings. The van der Waals surface area contributed by atoms with Gasteiger partial charge in [0.15, 0.2) is 0 Å². The van der Waals surface area contributed by atoms with Crippen LogP contribution in [0, 0.1) is 0 Å². The van der Waals surface area contributed by atoms with E-state index < -0.39 is 5.92 Å². The summed E-state index contributed by atoms with van der Waals surface area (Å²) < 4.78 is 0.688. The van der Waals surface area contributed by atoms with Crippen molar-refractivity contribution in [3.8, 4) is 0 Å². The highest BCUT2D eigenvalue weighted by atomic mass is 79.9. The zero-order chi connectivity index (χ0) is 16.9. The number of halogens is 1. The fourth-order valence-corrected chi connectivity index (χ4v) is 2.88. The molecule has 0 saturated heterocycles. The predicted molar refractivity (Wildman–Crippen MR) is 98.1 cm³/mol. The standard InChI is InChI=1S/C19H15BrN2O2/c20-15-11-16(18(23)21-12-15)22-19(24)17(13-7-3-1-4-8-13)14-9-5-2-6-10-14/h1-12,17H,(H,21,23)(H,22,24). The summed E-state index contributed by atoms with van der Waals surface area (Å²) in [6, 6.07) is 20.6. The first-order valence-electron chi connectivity index (χ1n) is 7.44. The highest BCUT2D eigenvalue weighted by molar-refractivity contribution is 9.10. The van der Waals surface area contributed by atoms with Crippen LogP contribution in [0.1, 0.15) is 17.0 Å². The molecule has 1 heterocycles. The number of aromatic amines is 1. The van der Waals surface area contributed by atoms with Crippen molar-refractivity contribution >= 4 is 27.5 Å². The van der Waals surface area contributed by atoms with Crippen molar-refractivity contribution in [2.45, 2.75) is 5.92 Å². The Bertz CT molecular complexity index is 853. The molecule has 1 amide bonds. The van der Waals surface area contributed by atoms with Crippen molar-refractivity contribution in [1.82, 2.24) is 4.98 Å². The molecule has 0 spiro atoms. The first-order chi connectivity index (χ1) is 11.6. The number of nitrogens with one attached hydrogen (secondary N) is 2. The number of rotatable bonds is 4. The fourth-order valence-electron chi connectivity index (χ4n) is 2.54. The summed E-state index contributed by atoms with van der Waals surface area (Å²) in [4.78, 5) is 27.4. The average molecular weight is 383 g/mol.